The number of hydrogen-bond acceptors (Lipinski definition) is 5. The van der Waals surface area contributed by atoms with Crippen LogP contribution < -0.4 is 0 Å². The Hall–Kier alpha value is -2.19. The van der Waals surface area contributed by atoms with E-state index >= 15 is 0 Å². The van der Waals surface area contributed by atoms with Crippen molar-refractivity contribution < 1.29 is 14.4 Å². The second-order valence-corrected chi connectivity index (χ2v) is 4.84. The maximum Gasteiger partial charge on any atom is 0.186 e. The highest BCUT2D eigenvalue weighted by atomic mass is 32.2. The molecular formula is C14H11NO3S. The monoisotopic (exact) mass is 273 g/mol. The first-order valence-electron chi connectivity index (χ1n) is 5.53. The summed E-state index contributed by atoms with van der Waals surface area (Å²) in [6, 6.07) is 6.65. The van der Waals surface area contributed by atoms with Gasteiger partial charge in [-0.1, -0.05) is 28.8 Å². The highest BCUT2D eigenvalue weighted by Gasteiger charge is 2.08. The molecule has 0 spiro atoms. The molecule has 1 N–H and O–H groups in total. The fourth-order valence-corrected chi connectivity index (χ4v) is 1.79. The zero-order valence-corrected chi connectivity index (χ0v) is 11.0. The predicted octanol–water partition coefficient (Wildman–Crippen LogP) is 2.68. The maximum atomic E-state index is 10.8. The van der Waals surface area contributed by atoms with Gasteiger partial charge in [0, 0.05) is 18.6 Å². The van der Waals surface area contributed by atoms with Crippen LogP contribution in [-0.2, 0) is 4.79 Å². The first-order chi connectivity index (χ1) is 9.16. The van der Waals surface area contributed by atoms with E-state index in [4.69, 9.17) is 4.52 Å². The summed E-state index contributed by atoms with van der Waals surface area (Å²) in [7, 11) is 0. The highest BCUT2D eigenvalue weighted by Crippen LogP contribution is 2.29. The molecule has 0 saturated heterocycles. The molecule has 0 atom stereocenters. The summed E-state index contributed by atoms with van der Waals surface area (Å²) in [5.41, 5.74) is 1.29. The molecule has 0 saturated carbocycles. The third kappa shape index (κ3) is 3.63. The Morgan fingerprint density at radius 1 is 1.47 bits per heavy atom. The molecule has 19 heavy (non-hydrogen) atoms. The molecule has 4 nitrogen and oxygen atoms in total. The molecule has 96 valence electrons. The molecule has 0 bridgehead atoms. The van der Waals surface area contributed by atoms with Crippen molar-refractivity contribution in [2.45, 2.75) is 6.92 Å². The Labute approximate surface area is 114 Å². The lowest BCUT2D eigenvalue weighted by atomic mass is 10.1. The van der Waals surface area contributed by atoms with Crippen molar-refractivity contribution in [3.8, 4) is 28.9 Å². The molecule has 0 unspecified atom stereocenters. The van der Waals surface area contributed by atoms with E-state index in [1.807, 2.05) is 0 Å². The van der Waals surface area contributed by atoms with Crippen LogP contribution in [0.2, 0.25) is 0 Å². The summed E-state index contributed by atoms with van der Waals surface area (Å²) in [6.07, 6.45) is 1.51. The van der Waals surface area contributed by atoms with Crippen molar-refractivity contribution in [2.24, 2.45) is 0 Å². The van der Waals surface area contributed by atoms with Crippen LogP contribution in [-0.4, -0.2) is 21.1 Å². The largest absolute Gasteiger partial charge is 0.507 e. The fourth-order valence-electron chi connectivity index (χ4n) is 1.44. The summed E-state index contributed by atoms with van der Waals surface area (Å²) in [5, 5.41) is 13.4. The summed E-state index contributed by atoms with van der Waals surface area (Å²) < 4.78 is 5.01. The van der Waals surface area contributed by atoms with E-state index < -0.39 is 0 Å². The predicted molar refractivity (Wildman–Crippen MR) is 73.6 cm³/mol. The van der Waals surface area contributed by atoms with Crippen LogP contribution in [0.4, 0.5) is 0 Å². The van der Waals surface area contributed by atoms with Crippen molar-refractivity contribution >= 4 is 16.9 Å². The number of carbonyl (C=O) groups excluding carboxylic acids is 1. The van der Waals surface area contributed by atoms with Crippen molar-refractivity contribution in [3.63, 3.8) is 0 Å². The molecule has 2 rings (SSSR count). The van der Waals surface area contributed by atoms with Crippen LogP contribution >= 0.6 is 11.8 Å². The highest BCUT2D eigenvalue weighted by molar-refractivity contribution is 8.13. The molecule has 0 amide bonds. The number of nitrogens with zero attached hydrogens (tertiary/aromatic N) is 1. The minimum atomic E-state index is 0.0438. The second-order valence-electron chi connectivity index (χ2n) is 3.69. The van der Waals surface area contributed by atoms with Gasteiger partial charge in [-0.25, -0.2) is 0 Å². The van der Waals surface area contributed by atoms with Gasteiger partial charge in [-0.15, -0.1) is 0 Å². The number of aromatic hydroxyl groups is 1. The van der Waals surface area contributed by atoms with Gasteiger partial charge in [-0.3, -0.25) is 4.79 Å². The van der Waals surface area contributed by atoms with Gasteiger partial charge in [0.05, 0.1) is 17.5 Å². The van der Waals surface area contributed by atoms with Gasteiger partial charge in [0.2, 0.25) is 0 Å². The lowest BCUT2D eigenvalue weighted by Crippen LogP contribution is -1.83. The number of carbonyl (C=O) groups is 1. The van der Waals surface area contributed by atoms with E-state index in [-0.39, 0.29) is 10.9 Å². The van der Waals surface area contributed by atoms with E-state index in [0.717, 1.165) is 5.56 Å². The Morgan fingerprint density at radius 3 is 3.00 bits per heavy atom. The average molecular weight is 273 g/mol. The van der Waals surface area contributed by atoms with Crippen LogP contribution in [0.15, 0.2) is 35.0 Å². The van der Waals surface area contributed by atoms with Crippen LogP contribution in [0.1, 0.15) is 12.5 Å². The van der Waals surface area contributed by atoms with E-state index in [1.165, 1.54) is 24.9 Å². The summed E-state index contributed by atoms with van der Waals surface area (Å²) >= 11 is 1.17. The second kappa shape index (κ2) is 6.12. The van der Waals surface area contributed by atoms with E-state index in [0.29, 0.717) is 17.1 Å². The zero-order valence-electron chi connectivity index (χ0n) is 10.2. The number of aromatic nitrogens is 1. The van der Waals surface area contributed by atoms with Crippen molar-refractivity contribution in [3.05, 3.63) is 36.0 Å². The number of hydrogen-bond donors (Lipinski definition) is 1. The molecule has 0 aliphatic rings. The minimum Gasteiger partial charge on any atom is -0.507 e. The van der Waals surface area contributed by atoms with Crippen molar-refractivity contribution in [1.82, 2.24) is 5.16 Å². The first-order valence-corrected chi connectivity index (χ1v) is 6.51. The molecule has 5 heteroatoms. The Balaban J connectivity index is 2.20. The van der Waals surface area contributed by atoms with Crippen LogP contribution in [0.5, 0.6) is 5.75 Å². The van der Waals surface area contributed by atoms with E-state index in [2.05, 4.69) is 17.0 Å². The zero-order chi connectivity index (χ0) is 13.7. The Bertz CT molecular complexity index is 638. The number of phenols is 1. The molecular weight excluding hydrogens is 262 g/mol. The third-order valence-corrected chi connectivity index (χ3v) is 2.98. The average Bonchev–Trinajstić information content (AvgIpc) is 2.90. The normalized spacial score (nSPS) is 9.74. The minimum absolute atomic E-state index is 0.0438. The molecule has 0 aliphatic heterocycles. The lowest BCUT2D eigenvalue weighted by Gasteiger charge is -2.00. The Morgan fingerprint density at radius 2 is 2.32 bits per heavy atom. The van der Waals surface area contributed by atoms with E-state index in [1.54, 1.807) is 24.3 Å². The first kappa shape index (κ1) is 13.2. The molecule has 1 aromatic carbocycles. The molecule has 1 aromatic heterocycles. The van der Waals surface area contributed by atoms with Gasteiger partial charge < -0.3 is 9.63 Å². The van der Waals surface area contributed by atoms with Gasteiger partial charge in [0.25, 0.3) is 0 Å². The number of phenolic OH excluding ortho intramolecular Hbond substituents is 1. The van der Waals surface area contributed by atoms with Gasteiger partial charge in [0.1, 0.15) is 5.75 Å². The van der Waals surface area contributed by atoms with Crippen LogP contribution in [0.3, 0.4) is 0 Å². The SMILES string of the molecule is CC(=O)SCC#Cc1ccc(O)c(-c2ccno2)c1. The lowest BCUT2D eigenvalue weighted by molar-refractivity contribution is -0.109. The number of rotatable bonds is 2. The number of benzene rings is 1. The topological polar surface area (TPSA) is 63.3 Å². The van der Waals surface area contributed by atoms with Crippen molar-refractivity contribution in [2.75, 3.05) is 5.75 Å². The van der Waals surface area contributed by atoms with Gasteiger partial charge >= 0.3 is 0 Å². The maximum absolute atomic E-state index is 10.8. The molecule has 1 heterocycles. The summed E-state index contributed by atoms with van der Waals surface area (Å²) in [6.45, 7) is 1.51. The smallest absolute Gasteiger partial charge is 0.186 e. The van der Waals surface area contributed by atoms with Crippen molar-refractivity contribution in [1.29, 1.82) is 0 Å². The standard InChI is InChI=1S/C14H11NO3S/c1-10(16)19-8-2-3-11-4-5-13(17)12(9-11)14-6-7-15-18-14/h4-7,9,17H,8H2,1H3. The fraction of sp³-hybridized carbons (Fsp3) is 0.143. The van der Waals surface area contributed by atoms with E-state index in [9.17, 15) is 9.90 Å². The molecule has 0 fully saturated rings. The third-order valence-electron chi connectivity index (χ3n) is 2.28. The van der Waals surface area contributed by atoms with Gasteiger partial charge in [0.15, 0.2) is 10.9 Å². The molecule has 2 aromatic rings. The van der Waals surface area contributed by atoms with Crippen LogP contribution in [0.25, 0.3) is 11.3 Å². The molecule has 0 aliphatic carbocycles. The van der Waals surface area contributed by atoms with Gasteiger partial charge in [-0.2, -0.15) is 0 Å². The summed E-state index contributed by atoms with van der Waals surface area (Å²) in [4.78, 5) is 10.8. The molecule has 0 radical (unpaired) electrons. The quantitative estimate of drug-likeness (QED) is 0.852. The number of thioether (sulfide) groups is 1. The van der Waals surface area contributed by atoms with Gasteiger partial charge in [-0.05, 0) is 18.2 Å². The summed E-state index contributed by atoms with van der Waals surface area (Å²) in [5.74, 6) is 6.87. The Kier molecular flexibility index (Phi) is 4.26. The van der Waals surface area contributed by atoms with Crippen LogP contribution in [0, 0.1) is 11.8 Å².